The lowest BCUT2D eigenvalue weighted by Crippen LogP contribution is -2.15. The standard InChI is InChI=1S/C24H19O6PS2/c25-31(26,19-7-3-1-4-8-19)20-11-13-22(14-12-20)33(29,30)24-17-15-23(16-18-24)32(27,28)21-9-5-2-6-10-21/h1-18H,(H,25,26). The molecule has 0 aromatic heterocycles. The van der Waals surface area contributed by atoms with Gasteiger partial charge in [0.1, 0.15) is 0 Å². The van der Waals surface area contributed by atoms with Crippen LogP contribution < -0.4 is 10.6 Å². The van der Waals surface area contributed by atoms with E-state index >= 15 is 0 Å². The molecular formula is C24H19O6PS2. The van der Waals surface area contributed by atoms with Crippen LogP contribution in [0.3, 0.4) is 0 Å². The van der Waals surface area contributed by atoms with Crippen LogP contribution >= 0.6 is 7.37 Å². The van der Waals surface area contributed by atoms with Crippen molar-refractivity contribution >= 4 is 37.7 Å². The predicted molar refractivity (Wildman–Crippen MR) is 126 cm³/mol. The molecule has 0 aliphatic heterocycles. The summed E-state index contributed by atoms with van der Waals surface area (Å²) >= 11 is 0. The molecule has 0 bridgehead atoms. The molecular weight excluding hydrogens is 479 g/mol. The second-order valence-corrected chi connectivity index (χ2v) is 13.3. The smallest absolute Gasteiger partial charge is 0.258 e. The van der Waals surface area contributed by atoms with Gasteiger partial charge < -0.3 is 4.89 Å². The Balaban J connectivity index is 1.63. The highest BCUT2D eigenvalue weighted by atomic mass is 32.2. The van der Waals surface area contributed by atoms with Crippen LogP contribution in [0.25, 0.3) is 0 Å². The second kappa shape index (κ2) is 8.72. The first-order chi connectivity index (χ1) is 15.6. The quantitative estimate of drug-likeness (QED) is 0.408. The van der Waals surface area contributed by atoms with Crippen LogP contribution in [0.4, 0.5) is 0 Å². The largest absolute Gasteiger partial charge is 0.338 e. The van der Waals surface area contributed by atoms with Crippen molar-refractivity contribution in [1.29, 1.82) is 0 Å². The summed E-state index contributed by atoms with van der Waals surface area (Å²) in [5.74, 6) is 0. The van der Waals surface area contributed by atoms with E-state index in [2.05, 4.69) is 0 Å². The topological polar surface area (TPSA) is 106 Å². The van der Waals surface area contributed by atoms with E-state index in [4.69, 9.17) is 0 Å². The fourth-order valence-corrected chi connectivity index (χ4v) is 7.25. The molecule has 1 atom stereocenters. The maximum absolute atomic E-state index is 13.0. The molecule has 0 spiro atoms. The summed E-state index contributed by atoms with van der Waals surface area (Å²) in [5, 5.41) is 0.354. The van der Waals surface area contributed by atoms with E-state index in [0.29, 0.717) is 0 Å². The average molecular weight is 499 g/mol. The zero-order chi connectivity index (χ0) is 23.7. The monoisotopic (exact) mass is 498 g/mol. The molecule has 0 fully saturated rings. The molecule has 9 heteroatoms. The normalized spacial score (nSPS) is 13.8. The van der Waals surface area contributed by atoms with Crippen molar-refractivity contribution in [2.24, 2.45) is 0 Å². The van der Waals surface area contributed by atoms with Crippen molar-refractivity contribution < 1.29 is 26.3 Å². The number of benzene rings is 4. The molecule has 0 aliphatic rings. The first-order valence-electron chi connectivity index (χ1n) is 9.78. The maximum Gasteiger partial charge on any atom is 0.258 e. The Bertz CT molecular complexity index is 1530. The van der Waals surface area contributed by atoms with Gasteiger partial charge in [-0.1, -0.05) is 36.4 Å². The fourth-order valence-electron chi connectivity index (χ4n) is 3.28. The minimum atomic E-state index is -3.96. The maximum atomic E-state index is 13.0. The summed E-state index contributed by atoms with van der Waals surface area (Å²) in [6, 6.07) is 26.1. The SMILES string of the molecule is O=P(O)(c1ccccc1)c1ccc(S(=O)(=O)c2ccc(S(=O)(=O)c3ccccc3)cc2)cc1. The molecule has 1 N–H and O–H groups in total. The molecule has 4 aromatic carbocycles. The lowest BCUT2D eigenvalue weighted by molar-refractivity contribution is 0.501. The van der Waals surface area contributed by atoms with Crippen molar-refractivity contribution in [2.75, 3.05) is 0 Å². The van der Waals surface area contributed by atoms with Crippen LogP contribution in [0.1, 0.15) is 0 Å². The third-order valence-electron chi connectivity index (χ3n) is 5.10. The van der Waals surface area contributed by atoms with Crippen LogP contribution in [-0.4, -0.2) is 21.7 Å². The third-order valence-corrected chi connectivity index (χ3v) is 10.7. The van der Waals surface area contributed by atoms with Crippen molar-refractivity contribution in [1.82, 2.24) is 0 Å². The van der Waals surface area contributed by atoms with Crippen molar-refractivity contribution in [3.05, 3.63) is 109 Å². The zero-order valence-electron chi connectivity index (χ0n) is 17.1. The minimum absolute atomic E-state index is 0.0212. The molecule has 0 radical (unpaired) electrons. The summed E-state index contributed by atoms with van der Waals surface area (Å²) in [6.07, 6.45) is 0. The molecule has 0 saturated carbocycles. The van der Waals surface area contributed by atoms with Crippen LogP contribution in [0.2, 0.25) is 0 Å². The number of hydrogen-bond donors (Lipinski definition) is 1. The number of rotatable bonds is 6. The van der Waals surface area contributed by atoms with Crippen molar-refractivity contribution in [3.8, 4) is 0 Å². The Morgan fingerprint density at radius 1 is 0.455 bits per heavy atom. The minimum Gasteiger partial charge on any atom is -0.338 e. The van der Waals surface area contributed by atoms with Gasteiger partial charge in [-0.25, -0.2) is 16.8 Å². The van der Waals surface area contributed by atoms with E-state index in [1.165, 1.54) is 72.8 Å². The summed E-state index contributed by atoms with van der Waals surface area (Å²) in [7, 11) is -11.6. The third kappa shape index (κ3) is 4.43. The summed E-state index contributed by atoms with van der Waals surface area (Å²) in [6.45, 7) is 0. The van der Waals surface area contributed by atoms with Crippen LogP contribution in [0, 0.1) is 0 Å². The summed E-state index contributed by atoms with van der Waals surface area (Å²) in [4.78, 5) is 10.5. The molecule has 168 valence electrons. The van der Waals surface area contributed by atoms with Gasteiger partial charge >= 0.3 is 0 Å². The van der Waals surface area contributed by atoms with E-state index < -0.39 is 27.0 Å². The van der Waals surface area contributed by atoms with Gasteiger partial charge in [0.2, 0.25) is 19.7 Å². The second-order valence-electron chi connectivity index (χ2n) is 7.20. The van der Waals surface area contributed by atoms with E-state index in [1.54, 1.807) is 36.4 Å². The van der Waals surface area contributed by atoms with E-state index in [9.17, 15) is 26.3 Å². The Kier molecular flexibility index (Phi) is 6.12. The van der Waals surface area contributed by atoms with Gasteiger partial charge in [0.15, 0.2) is 0 Å². The molecule has 1 unspecified atom stereocenters. The van der Waals surface area contributed by atoms with Crippen molar-refractivity contribution in [3.63, 3.8) is 0 Å². The molecule has 4 rings (SSSR count). The van der Waals surface area contributed by atoms with Gasteiger partial charge in [0, 0.05) is 10.6 Å². The van der Waals surface area contributed by atoms with Gasteiger partial charge in [-0.3, -0.25) is 4.57 Å². The molecule has 0 heterocycles. The van der Waals surface area contributed by atoms with Gasteiger partial charge in [0.05, 0.1) is 19.6 Å². The molecule has 6 nitrogen and oxygen atoms in total. The fraction of sp³-hybridized carbons (Fsp3) is 0. The van der Waals surface area contributed by atoms with Crippen LogP contribution in [0.15, 0.2) is 129 Å². The summed E-state index contributed by atoms with van der Waals surface area (Å²) < 4.78 is 64.3. The molecule has 0 aliphatic carbocycles. The van der Waals surface area contributed by atoms with E-state index in [1.807, 2.05) is 0 Å². The Hall–Kier alpha value is -3.03. The zero-order valence-corrected chi connectivity index (χ0v) is 19.7. The first-order valence-corrected chi connectivity index (χ1v) is 14.4. The predicted octanol–water partition coefficient (Wildman–Crippen LogP) is 3.57. The molecule has 33 heavy (non-hydrogen) atoms. The van der Waals surface area contributed by atoms with E-state index in [-0.39, 0.29) is 30.2 Å². The Morgan fingerprint density at radius 2 is 0.758 bits per heavy atom. The highest BCUT2D eigenvalue weighted by Crippen LogP contribution is 2.38. The summed E-state index contributed by atoms with van der Waals surface area (Å²) in [5.41, 5.74) is 0. The average Bonchev–Trinajstić information content (AvgIpc) is 2.85. The van der Waals surface area contributed by atoms with Crippen LogP contribution in [0.5, 0.6) is 0 Å². The molecule has 0 amide bonds. The Labute approximate surface area is 192 Å². The van der Waals surface area contributed by atoms with Crippen LogP contribution in [-0.2, 0) is 24.2 Å². The van der Waals surface area contributed by atoms with Gasteiger partial charge in [-0.15, -0.1) is 0 Å². The van der Waals surface area contributed by atoms with Gasteiger partial charge in [0.25, 0.3) is 7.37 Å². The highest BCUT2D eigenvalue weighted by molar-refractivity contribution is 7.92. The number of sulfone groups is 2. The lowest BCUT2D eigenvalue weighted by Gasteiger charge is -2.13. The molecule has 0 saturated heterocycles. The Morgan fingerprint density at radius 3 is 1.18 bits per heavy atom. The highest BCUT2D eigenvalue weighted by Gasteiger charge is 2.26. The number of hydrogen-bond acceptors (Lipinski definition) is 5. The van der Waals surface area contributed by atoms with E-state index in [0.717, 1.165) is 0 Å². The van der Waals surface area contributed by atoms with Crippen molar-refractivity contribution in [2.45, 2.75) is 19.6 Å². The lowest BCUT2D eigenvalue weighted by atomic mass is 10.4. The first kappa shape index (κ1) is 23.1. The van der Waals surface area contributed by atoms with Gasteiger partial charge in [-0.2, -0.15) is 0 Å². The molecule has 4 aromatic rings. The van der Waals surface area contributed by atoms with Gasteiger partial charge in [-0.05, 0) is 72.8 Å².